The van der Waals surface area contributed by atoms with Gasteiger partial charge in [-0.2, -0.15) is 0 Å². The van der Waals surface area contributed by atoms with Crippen molar-refractivity contribution in [3.63, 3.8) is 0 Å². The summed E-state index contributed by atoms with van der Waals surface area (Å²) in [7, 11) is 0. The van der Waals surface area contributed by atoms with Crippen molar-refractivity contribution in [2.45, 2.75) is 90.5 Å². The molecular formula is C16H37NSn. The van der Waals surface area contributed by atoms with Crippen LogP contribution in [-0.2, 0) is 0 Å². The Morgan fingerprint density at radius 3 is 1.33 bits per heavy atom. The van der Waals surface area contributed by atoms with Gasteiger partial charge in [0.1, 0.15) is 0 Å². The van der Waals surface area contributed by atoms with E-state index in [1.165, 1.54) is 38.5 Å². The Kier molecular flexibility index (Phi) is 11.0. The molecule has 0 saturated heterocycles. The summed E-state index contributed by atoms with van der Waals surface area (Å²) in [6.07, 6.45) is 8.35. The Labute approximate surface area is 120 Å². The monoisotopic (exact) mass is 363 g/mol. The fourth-order valence-electron chi connectivity index (χ4n) is 3.17. The molecule has 0 amide bonds. The van der Waals surface area contributed by atoms with Crippen LogP contribution in [0.1, 0.15) is 73.1 Å². The molecule has 18 heavy (non-hydrogen) atoms. The van der Waals surface area contributed by atoms with Gasteiger partial charge in [-0.1, -0.05) is 0 Å². The molecule has 1 atom stereocenters. The second-order valence-electron chi connectivity index (χ2n) is 6.44. The summed E-state index contributed by atoms with van der Waals surface area (Å²) in [5.41, 5.74) is 6.71. The molecule has 1 nitrogen and oxygen atoms in total. The predicted molar refractivity (Wildman–Crippen MR) is 87.7 cm³/mol. The van der Waals surface area contributed by atoms with Gasteiger partial charge in [-0.25, -0.2) is 0 Å². The molecule has 0 aromatic carbocycles. The van der Waals surface area contributed by atoms with Gasteiger partial charge in [-0.15, -0.1) is 0 Å². The molecule has 0 aliphatic carbocycles. The van der Waals surface area contributed by atoms with Crippen LogP contribution < -0.4 is 5.73 Å². The van der Waals surface area contributed by atoms with Gasteiger partial charge in [0.05, 0.1) is 0 Å². The van der Waals surface area contributed by atoms with Crippen LogP contribution >= 0.6 is 0 Å². The first-order valence-corrected chi connectivity index (χ1v) is 16.0. The van der Waals surface area contributed by atoms with Crippen LogP contribution in [0.3, 0.4) is 0 Å². The van der Waals surface area contributed by atoms with Gasteiger partial charge in [0.2, 0.25) is 0 Å². The van der Waals surface area contributed by atoms with Crippen LogP contribution in [0.4, 0.5) is 0 Å². The molecule has 0 bridgehead atoms. The van der Waals surface area contributed by atoms with E-state index < -0.39 is 18.4 Å². The van der Waals surface area contributed by atoms with Crippen LogP contribution in [0.5, 0.6) is 0 Å². The van der Waals surface area contributed by atoms with Gasteiger partial charge < -0.3 is 0 Å². The Morgan fingerprint density at radius 2 is 1.11 bits per heavy atom. The third-order valence-corrected chi connectivity index (χ3v) is 22.0. The quantitative estimate of drug-likeness (QED) is 0.492. The average Bonchev–Trinajstić information content (AvgIpc) is 2.37. The van der Waals surface area contributed by atoms with E-state index in [1.54, 1.807) is 13.3 Å². The molecule has 0 heterocycles. The Morgan fingerprint density at radius 1 is 0.778 bits per heavy atom. The standard InChI is InChI=1S/C4H10N.3C4H9.Sn/c1-4(2)3-5;3*1-3-4-2;/h3-4H,5H2,1-2H3;3*1,3-4H2,2H3;. The van der Waals surface area contributed by atoms with Crippen molar-refractivity contribution in [2.24, 2.45) is 11.7 Å². The Hall–Kier alpha value is 0.759. The molecule has 0 rings (SSSR count). The molecule has 0 aromatic heterocycles. The maximum atomic E-state index is 6.71. The van der Waals surface area contributed by atoms with E-state index >= 15 is 0 Å². The molecule has 0 radical (unpaired) electrons. The van der Waals surface area contributed by atoms with Gasteiger partial charge in [0.15, 0.2) is 0 Å². The topological polar surface area (TPSA) is 26.0 Å². The molecule has 0 aromatic rings. The van der Waals surface area contributed by atoms with Crippen LogP contribution in [0.15, 0.2) is 0 Å². The molecule has 0 saturated carbocycles. The number of nitrogens with two attached hydrogens (primary N) is 1. The molecule has 1 unspecified atom stereocenters. The summed E-state index contributed by atoms with van der Waals surface area (Å²) < 4.78 is 5.23. The summed E-state index contributed by atoms with van der Waals surface area (Å²) >= 11 is -2.10. The third-order valence-electron chi connectivity index (χ3n) is 4.51. The number of rotatable bonds is 11. The first-order valence-electron chi connectivity index (χ1n) is 8.29. The van der Waals surface area contributed by atoms with E-state index in [9.17, 15) is 0 Å². The molecule has 110 valence electrons. The van der Waals surface area contributed by atoms with Crippen molar-refractivity contribution < 1.29 is 0 Å². The van der Waals surface area contributed by atoms with Crippen molar-refractivity contribution in [2.75, 3.05) is 0 Å². The first kappa shape index (κ1) is 18.8. The number of unbranched alkanes of at least 4 members (excludes halogenated alkanes) is 3. The zero-order valence-electron chi connectivity index (χ0n) is 13.6. The molecule has 0 aliphatic rings. The van der Waals surface area contributed by atoms with Crippen molar-refractivity contribution >= 4 is 18.4 Å². The summed E-state index contributed by atoms with van der Waals surface area (Å²) in [6.45, 7) is 11.7. The van der Waals surface area contributed by atoms with Crippen LogP contribution in [0, 0.1) is 5.92 Å². The van der Waals surface area contributed by atoms with Crippen LogP contribution in [-0.4, -0.2) is 22.4 Å². The zero-order valence-corrected chi connectivity index (χ0v) is 16.5. The van der Waals surface area contributed by atoms with Gasteiger partial charge in [0, 0.05) is 0 Å². The third kappa shape index (κ3) is 6.27. The molecule has 2 heteroatoms. The molecule has 2 N–H and O–H groups in total. The fraction of sp³-hybridized carbons (Fsp3) is 1.00. The molecular weight excluding hydrogens is 325 g/mol. The molecule has 0 aliphatic heterocycles. The zero-order chi connectivity index (χ0) is 14.0. The maximum absolute atomic E-state index is 6.71. The van der Waals surface area contributed by atoms with Gasteiger partial charge >= 0.3 is 121 Å². The van der Waals surface area contributed by atoms with Crippen molar-refractivity contribution in [1.82, 2.24) is 0 Å². The van der Waals surface area contributed by atoms with Crippen molar-refractivity contribution in [1.29, 1.82) is 0 Å². The van der Waals surface area contributed by atoms with E-state index in [0.717, 1.165) is 0 Å². The summed E-state index contributed by atoms with van der Waals surface area (Å²) in [5.74, 6) is 0.700. The second kappa shape index (κ2) is 10.5. The van der Waals surface area contributed by atoms with E-state index in [2.05, 4.69) is 34.6 Å². The minimum absolute atomic E-state index is 0.587. The minimum atomic E-state index is -2.10. The first-order chi connectivity index (χ1) is 8.54. The normalized spacial score (nSPS) is 14.2. The SMILES string of the molecule is CCC[CH2][Sn]([CH2]CCC)([CH2]CCC)[CH](N)C(C)C. The summed E-state index contributed by atoms with van der Waals surface area (Å²) in [6, 6.07) is 0. The van der Waals surface area contributed by atoms with Crippen LogP contribution in [0.2, 0.25) is 13.3 Å². The van der Waals surface area contributed by atoms with E-state index in [4.69, 9.17) is 5.73 Å². The predicted octanol–water partition coefficient (Wildman–Crippen LogP) is 5.36. The Balaban J connectivity index is 4.84. The number of hydrogen-bond acceptors (Lipinski definition) is 1. The molecule has 0 spiro atoms. The van der Waals surface area contributed by atoms with Crippen LogP contribution in [0.25, 0.3) is 0 Å². The van der Waals surface area contributed by atoms with E-state index in [-0.39, 0.29) is 0 Å². The van der Waals surface area contributed by atoms with E-state index in [0.29, 0.717) is 9.98 Å². The number of hydrogen-bond donors (Lipinski definition) is 1. The van der Waals surface area contributed by atoms with Gasteiger partial charge in [-0.05, 0) is 0 Å². The van der Waals surface area contributed by atoms with Crippen molar-refractivity contribution in [3.8, 4) is 0 Å². The summed E-state index contributed by atoms with van der Waals surface area (Å²) in [5, 5.41) is 0. The summed E-state index contributed by atoms with van der Waals surface area (Å²) in [4.78, 5) is 0. The van der Waals surface area contributed by atoms with E-state index in [1.807, 2.05) is 0 Å². The fourth-order valence-corrected chi connectivity index (χ4v) is 21.3. The average molecular weight is 362 g/mol. The van der Waals surface area contributed by atoms with Gasteiger partial charge in [0.25, 0.3) is 0 Å². The Bertz CT molecular complexity index is 170. The molecule has 0 fully saturated rings. The second-order valence-corrected chi connectivity index (χ2v) is 20.4. The van der Waals surface area contributed by atoms with Crippen molar-refractivity contribution in [3.05, 3.63) is 0 Å². The van der Waals surface area contributed by atoms with Gasteiger partial charge in [-0.3, -0.25) is 0 Å².